The number of aromatic carboxylic acids is 1. The van der Waals surface area contributed by atoms with Gasteiger partial charge in [0.05, 0.1) is 18.2 Å². The second kappa shape index (κ2) is 7.55. The monoisotopic (exact) mass is 370 g/mol. The molecule has 2 aromatic carbocycles. The number of hydrogen-bond donors (Lipinski definition) is 1. The Morgan fingerprint density at radius 3 is 2.31 bits per heavy atom. The molecule has 0 saturated heterocycles. The number of alkyl halides is 3. The first kappa shape index (κ1) is 19.4. The first-order chi connectivity index (χ1) is 12.1. The minimum Gasteiger partial charge on any atom is -0.497 e. The van der Waals surface area contributed by atoms with E-state index in [-0.39, 0.29) is 23.3 Å². The van der Waals surface area contributed by atoms with Crippen LogP contribution in [0.25, 0.3) is 0 Å². The maximum atomic E-state index is 13.6. The van der Waals surface area contributed by atoms with E-state index in [1.807, 2.05) is 0 Å². The van der Waals surface area contributed by atoms with Gasteiger partial charge in [-0.2, -0.15) is 13.2 Å². The summed E-state index contributed by atoms with van der Waals surface area (Å²) in [4.78, 5) is 22.9. The highest BCUT2D eigenvalue weighted by atomic mass is 19.4. The SMILES string of the molecule is COc1ccc(CC(=O)Cc2ccc(C(=O)O)c(F)c2)c(C(F)(F)F)c1. The number of methoxy groups -OCH3 is 1. The Kier molecular flexibility index (Phi) is 5.64. The second-order valence-corrected chi connectivity index (χ2v) is 5.53. The zero-order chi connectivity index (χ0) is 19.5. The fraction of sp³-hybridized carbons (Fsp3) is 0.222. The molecule has 0 spiro atoms. The van der Waals surface area contributed by atoms with Crippen molar-refractivity contribution in [3.05, 3.63) is 64.5 Å². The minimum absolute atomic E-state index is 0.0138. The molecular weight excluding hydrogens is 356 g/mol. The van der Waals surface area contributed by atoms with Crippen molar-refractivity contribution in [2.45, 2.75) is 19.0 Å². The first-order valence-corrected chi connectivity index (χ1v) is 7.39. The molecule has 26 heavy (non-hydrogen) atoms. The molecular formula is C18H14F4O4. The van der Waals surface area contributed by atoms with Gasteiger partial charge in [-0.1, -0.05) is 12.1 Å². The van der Waals surface area contributed by atoms with E-state index in [9.17, 15) is 27.2 Å². The average molecular weight is 370 g/mol. The van der Waals surface area contributed by atoms with E-state index in [2.05, 4.69) is 0 Å². The van der Waals surface area contributed by atoms with E-state index >= 15 is 0 Å². The Bertz CT molecular complexity index is 844. The van der Waals surface area contributed by atoms with Crippen LogP contribution in [0.5, 0.6) is 5.75 Å². The van der Waals surface area contributed by atoms with Crippen LogP contribution in [0.1, 0.15) is 27.0 Å². The highest BCUT2D eigenvalue weighted by Crippen LogP contribution is 2.34. The summed E-state index contributed by atoms with van der Waals surface area (Å²) >= 11 is 0. The molecule has 0 heterocycles. The number of hydrogen-bond acceptors (Lipinski definition) is 3. The summed E-state index contributed by atoms with van der Waals surface area (Å²) in [6.07, 6.45) is -5.47. The summed E-state index contributed by atoms with van der Waals surface area (Å²) < 4.78 is 57.8. The molecule has 0 amide bonds. The van der Waals surface area contributed by atoms with Crippen molar-refractivity contribution in [1.82, 2.24) is 0 Å². The largest absolute Gasteiger partial charge is 0.497 e. The average Bonchev–Trinajstić information content (AvgIpc) is 2.53. The maximum Gasteiger partial charge on any atom is 0.416 e. The van der Waals surface area contributed by atoms with Crippen molar-refractivity contribution in [3.8, 4) is 5.75 Å². The van der Waals surface area contributed by atoms with Crippen LogP contribution in [0.3, 0.4) is 0 Å². The molecule has 0 bridgehead atoms. The highest BCUT2D eigenvalue weighted by Gasteiger charge is 2.34. The molecule has 0 unspecified atom stereocenters. The fourth-order valence-corrected chi connectivity index (χ4v) is 2.45. The Morgan fingerprint density at radius 1 is 1.08 bits per heavy atom. The Labute approximate surface area is 146 Å². The zero-order valence-electron chi connectivity index (χ0n) is 13.6. The molecule has 4 nitrogen and oxygen atoms in total. The molecule has 0 aliphatic heterocycles. The van der Waals surface area contributed by atoms with Crippen molar-refractivity contribution in [1.29, 1.82) is 0 Å². The lowest BCUT2D eigenvalue weighted by atomic mass is 9.97. The summed E-state index contributed by atoms with van der Waals surface area (Å²) in [6, 6.07) is 6.44. The number of carboxylic acids is 1. The number of halogens is 4. The minimum atomic E-state index is -4.65. The van der Waals surface area contributed by atoms with Gasteiger partial charge >= 0.3 is 12.1 Å². The van der Waals surface area contributed by atoms with Crippen LogP contribution in [-0.2, 0) is 23.8 Å². The molecule has 2 aromatic rings. The molecule has 0 saturated carbocycles. The third kappa shape index (κ3) is 4.59. The molecule has 0 fully saturated rings. The van der Waals surface area contributed by atoms with Crippen LogP contribution < -0.4 is 4.74 Å². The van der Waals surface area contributed by atoms with Gasteiger partial charge in [-0.15, -0.1) is 0 Å². The number of ether oxygens (including phenoxy) is 1. The van der Waals surface area contributed by atoms with Gasteiger partial charge in [0, 0.05) is 12.8 Å². The third-order valence-electron chi connectivity index (χ3n) is 3.68. The predicted molar refractivity (Wildman–Crippen MR) is 83.8 cm³/mol. The van der Waals surface area contributed by atoms with Gasteiger partial charge in [0.25, 0.3) is 0 Å². The van der Waals surface area contributed by atoms with Crippen molar-refractivity contribution in [3.63, 3.8) is 0 Å². The number of carboxylic acid groups (broad SMARTS) is 1. The highest BCUT2D eigenvalue weighted by molar-refractivity contribution is 5.88. The lowest BCUT2D eigenvalue weighted by Gasteiger charge is -2.14. The predicted octanol–water partition coefficient (Wildman–Crippen LogP) is 3.91. The van der Waals surface area contributed by atoms with Gasteiger partial charge in [-0.25, -0.2) is 9.18 Å². The van der Waals surface area contributed by atoms with Gasteiger partial charge in [0.1, 0.15) is 17.3 Å². The summed E-state index contributed by atoms with van der Waals surface area (Å²) in [7, 11) is 1.23. The molecule has 0 atom stereocenters. The number of Topliss-reactive ketones (excluding diaryl/α,β-unsaturated/α-hetero) is 1. The first-order valence-electron chi connectivity index (χ1n) is 7.39. The van der Waals surface area contributed by atoms with E-state index in [4.69, 9.17) is 9.84 Å². The van der Waals surface area contributed by atoms with E-state index in [0.29, 0.717) is 0 Å². The van der Waals surface area contributed by atoms with Gasteiger partial charge in [-0.3, -0.25) is 4.79 Å². The molecule has 8 heteroatoms. The van der Waals surface area contributed by atoms with Crippen molar-refractivity contribution < 1.29 is 37.0 Å². The maximum absolute atomic E-state index is 13.6. The van der Waals surface area contributed by atoms with Gasteiger partial charge in [0.2, 0.25) is 0 Å². The normalized spacial score (nSPS) is 11.3. The van der Waals surface area contributed by atoms with Gasteiger partial charge in [0.15, 0.2) is 0 Å². The lowest BCUT2D eigenvalue weighted by molar-refractivity contribution is -0.138. The van der Waals surface area contributed by atoms with Crippen LogP contribution in [0.15, 0.2) is 36.4 Å². The number of ketones is 1. The Balaban J connectivity index is 2.20. The van der Waals surface area contributed by atoms with E-state index < -0.39 is 41.3 Å². The van der Waals surface area contributed by atoms with E-state index in [1.54, 1.807) is 0 Å². The Hall–Kier alpha value is -2.90. The molecule has 0 aliphatic rings. The topological polar surface area (TPSA) is 63.6 Å². The summed E-state index contributed by atoms with van der Waals surface area (Å²) in [6.45, 7) is 0. The standard InChI is InChI=1S/C18H14F4O4/c1-26-13-4-3-11(15(9-13)18(20,21)22)8-12(23)6-10-2-5-14(17(24)25)16(19)7-10/h2-5,7,9H,6,8H2,1H3,(H,24,25). The molecule has 2 rings (SSSR count). The molecule has 0 aliphatic carbocycles. The Morgan fingerprint density at radius 2 is 1.77 bits per heavy atom. The third-order valence-corrected chi connectivity index (χ3v) is 3.68. The van der Waals surface area contributed by atoms with Crippen molar-refractivity contribution >= 4 is 11.8 Å². The number of carbonyl (C=O) groups excluding carboxylic acids is 1. The van der Waals surface area contributed by atoms with Crippen LogP contribution in [0.2, 0.25) is 0 Å². The van der Waals surface area contributed by atoms with E-state index in [0.717, 1.165) is 24.3 Å². The zero-order valence-corrected chi connectivity index (χ0v) is 13.6. The molecule has 0 aromatic heterocycles. The van der Waals surface area contributed by atoms with Crippen molar-refractivity contribution in [2.75, 3.05) is 7.11 Å². The second-order valence-electron chi connectivity index (χ2n) is 5.53. The quantitative estimate of drug-likeness (QED) is 0.784. The molecule has 0 radical (unpaired) electrons. The van der Waals surface area contributed by atoms with Crippen LogP contribution in [0.4, 0.5) is 17.6 Å². The van der Waals surface area contributed by atoms with Crippen molar-refractivity contribution in [2.24, 2.45) is 0 Å². The number of carbonyl (C=O) groups is 2. The molecule has 138 valence electrons. The summed E-state index contributed by atoms with van der Waals surface area (Å²) in [5.41, 5.74) is -1.56. The van der Waals surface area contributed by atoms with Gasteiger partial charge in [-0.05, 0) is 35.4 Å². The molecule has 1 N–H and O–H groups in total. The number of benzene rings is 2. The fourth-order valence-electron chi connectivity index (χ4n) is 2.45. The van der Waals surface area contributed by atoms with Crippen LogP contribution >= 0.6 is 0 Å². The van der Waals surface area contributed by atoms with E-state index in [1.165, 1.54) is 19.2 Å². The summed E-state index contributed by atoms with van der Waals surface area (Å²) in [5, 5.41) is 8.76. The number of rotatable bonds is 6. The summed E-state index contributed by atoms with van der Waals surface area (Å²) in [5.74, 6) is -3.01. The smallest absolute Gasteiger partial charge is 0.416 e. The van der Waals surface area contributed by atoms with Crippen LogP contribution in [-0.4, -0.2) is 24.0 Å². The van der Waals surface area contributed by atoms with Gasteiger partial charge < -0.3 is 9.84 Å². The lowest BCUT2D eigenvalue weighted by Crippen LogP contribution is -2.14. The van der Waals surface area contributed by atoms with Crippen LogP contribution in [0, 0.1) is 5.82 Å².